The zero-order valence-corrected chi connectivity index (χ0v) is 13.8. The lowest BCUT2D eigenvalue weighted by molar-refractivity contribution is -0.899. The van der Waals surface area contributed by atoms with Gasteiger partial charge in [0.05, 0.1) is 32.5 Å². The molecule has 1 saturated heterocycles. The number of ether oxygens (including phenoxy) is 2. The Morgan fingerprint density at radius 1 is 1.35 bits per heavy atom. The summed E-state index contributed by atoms with van der Waals surface area (Å²) in [4.78, 5) is 25.2. The number of esters is 1. The van der Waals surface area contributed by atoms with Gasteiger partial charge in [0.1, 0.15) is 11.7 Å². The highest BCUT2D eigenvalue weighted by atomic mass is 16.5. The number of benzene rings is 1. The molecule has 1 aliphatic heterocycles. The second-order valence-corrected chi connectivity index (χ2v) is 5.72. The molecule has 0 aromatic heterocycles. The van der Waals surface area contributed by atoms with Crippen molar-refractivity contribution < 1.29 is 24.0 Å². The minimum atomic E-state index is -0.144. The molecule has 0 spiro atoms. The molecule has 1 heterocycles. The molecule has 1 fully saturated rings. The lowest BCUT2D eigenvalue weighted by Crippen LogP contribution is -3.14. The molecular weight excluding hydrogens is 296 g/mol. The first kappa shape index (κ1) is 17.3. The zero-order valence-electron chi connectivity index (χ0n) is 13.8. The maximum Gasteiger partial charge on any atom is 0.314 e. The fourth-order valence-corrected chi connectivity index (χ4v) is 2.94. The van der Waals surface area contributed by atoms with Crippen LogP contribution in [0.5, 0.6) is 5.75 Å². The third-order valence-corrected chi connectivity index (χ3v) is 4.03. The first-order chi connectivity index (χ1) is 11.1. The molecule has 1 amide bonds. The number of para-hydroxylation sites is 2. The van der Waals surface area contributed by atoms with E-state index in [0.29, 0.717) is 31.1 Å². The molecular formula is C17H25N2O4+. The molecule has 2 atom stereocenters. The molecule has 0 radical (unpaired) electrons. The summed E-state index contributed by atoms with van der Waals surface area (Å²) in [6.07, 6.45) is 1.78. The van der Waals surface area contributed by atoms with Crippen molar-refractivity contribution in [3.05, 3.63) is 24.3 Å². The molecule has 0 saturated carbocycles. The molecule has 0 aliphatic carbocycles. The summed E-state index contributed by atoms with van der Waals surface area (Å²) >= 11 is 0. The zero-order chi connectivity index (χ0) is 16.7. The van der Waals surface area contributed by atoms with Crippen LogP contribution in [0.1, 0.15) is 19.8 Å². The number of piperidine rings is 1. The van der Waals surface area contributed by atoms with Gasteiger partial charge in [0.15, 0.2) is 6.54 Å². The summed E-state index contributed by atoms with van der Waals surface area (Å²) in [6, 6.07) is 7.32. The second kappa shape index (κ2) is 8.53. The number of methoxy groups -OCH3 is 1. The van der Waals surface area contributed by atoms with E-state index in [-0.39, 0.29) is 17.8 Å². The van der Waals surface area contributed by atoms with Gasteiger partial charge in [0.25, 0.3) is 5.91 Å². The fraction of sp³-hybridized carbons (Fsp3) is 0.529. The van der Waals surface area contributed by atoms with E-state index in [1.54, 1.807) is 13.2 Å². The van der Waals surface area contributed by atoms with E-state index < -0.39 is 0 Å². The van der Waals surface area contributed by atoms with E-state index in [1.807, 2.05) is 25.1 Å². The largest absolute Gasteiger partial charge is 0.495 e. The first-order valence-electron chi connectivity index (χ1n) is 8.07. The Morgan fingerprint density at radius 2 is 2.13 bits per heavy atom. The molecule has 1 aromatic carbocycles. The van der Waals surface area contributed by atoms with Crippen molar-refractivity contribution in [1.82, 2.24) is 0 Å². The maximum absolute atomic E-state index is 12.2. The van der Waals surface area contributed by atoms with Gasteiger partial charge in [-0.1, -0.05) is 12.1 Å². The van der Waals surface area contributed by atoms with Crippen LogP contribution in [0.2, 0.25) is 0 Å². The van der Waals surface area contributed by atoms with Gasteiger partial charge < -0.3 is 19.7 Å². The molecule has 126 valence electrons. The third kappa shape index (κ3) is 4.96. The lowest BCUT2D eigenvalue weighted by atomic mass is 9.98. The van der Waals surface area contributed by atoms with Gasteiger partial charge in [-0.05, 0) is 31.9 Å². The summed E-state index contributed by atoms with van der Waals surface area (Å²) in [5.74, 6) is 0.320. The number of nitrogens with one attached hydrogen (secondary N) is 2. The molecule has 1 unspecified atom stereocenters. The Labute approximate surface area is 136 Å². The quantitative estimate of drug-likeness (QED) is 0.748. The first-order valence-corrected chi connectivity index (χ1v) is 8.07. The highest BCUT2D eigenvalue weighted by molar-refractivity contribution is 5.92. The number of hydrogen-bond acceptors (Lipinski definition) is 4. The minimum Gasteiger partial charge on any atom is -0.495 e. The van der Waals surface area contributed by atoms with Gasteiger partial charge in [-0.25, -0.2) is 0 Å². The lowest BCUT2D eigenvalue weighted by Gasteiger charge is -2.28. The molecule has 6 heteroatoms. The fourth-order valence-electron chi connectivity index (χ4n) is 2.94. The van der Waals surface area contributed by atoms with Crippen LogP contribution in [-0.2, 0) is 14.3 Å². The highest BCUT2D eigenvalue weighted by Crippen LogP contribution is 2.22. The van der Waals surface area contributed by atoms with Gasteiger partial charge in [0, 0.05) is 0 Å². The van der Waals surface area contributed by atoms with Crippen LogP contribution in [0.3, 0.4) is 0 Å². The Kier molecular flexibility index (Phi) is 6.40. The molecule has 23 heavy (non-hydrogen) atoms. The molecule has 2 N–H and O–H groups in total. The monoisotopic (exact) mass is 321 g/mol. The van der Waals surface area contributed by atoms with Crippen molar-refractivity contribution in [3.8, 4) is 5.75 Å². The molecule has 2 rings (SSSR count). The average Bonchev–Trinajstić information content (AvgIpc) is 2.55. The smallest absolute Gasteiger partial charge is 0.314 e. The maximum atomic E-state index is 12.2. The van der Waals surface area contributed by atoms with Crippen LogP contribution in [0.4, 0.5) is 5.69 Å². The van der Waals surface area contributed by atoms with Crippen molar-refractivity contribution >= 4 is 17.6 Å². The van der Waals surface area contributed by atoms with Crippen molar-refractivity contribution in [1.29, 1.82) is 0 Å². The van der Waals surface area contributed by atoms with Crippen LogP contribution in [0.25, 0.3) is 0 Å². The van der Waals surface area contributed by atoms with Crippen molar-refractivity contribution in [2.45, 2.75) is 19.8 Å². The third-order valence-electron chi connectivity index (χ3n) is 4.03. The van der Waals surface area contributed by atoms with Crippen LogP contribution in [0.15, 0.2) is 24.3 Å². The Hall–Kier alpha value is -2.08. The number of hydrogen-bond donors (Lipinski definition) is 2. The topological polar surface area (TPSA) is 69.1 Å². The van der Waals surface area contributed by atoms with E-state index in [1.165, 1.54) is 0 Å². The van der Waals surface area contributed by atoms with Gasteiger partial charge in [-0.15, -0.1) is 0 Å². The normalized spacial score (nSPS) is 20.6. The summed E-state index contributed by atoms with van der Waals surface area (Å²) in [7, 11) is 1.57. The van der Waals surface area contributed by atoms with Crippen molar-refractivity contribution in [2.24, 2.45) is 5.92 Å². The number of anilines is 1. The predicted molar refractivity (Wildman–Crippen MR) is 86.5 cm³/mol. The van der Waals surface area contributed by atoms with E-state index in [2.05, 4.69) is 5.32 Å². The minimum absolute atomic E-state index is 0.0750. The van der Waals surface area contributed by atoms with E-state index in [4.69, 9.17) is 9.47 Å². The number of carbonyl (C=O) groups is 2. The van der Waals surface area contributed by atoms with Crippen LogP contribution in [-0.4, -0.2) is 45.2 Å². The van der Waals surface area contributed by atoms with Crippen molar-refractivity contribution in [2.75, 3.05) is 38.7 Å². The number of quaternary nitrogens is 1. The molecule has 1 aromatic rings. The molecule has 0 bridgehead atoms. The van der Waals surface area contributed by atoms with Crippen LogP contribution in [0, 0.1) is 5.92 Å². The summed E-state index contributed by atoms with van der Waals surface area (Å²) in [5.41, 5.74) is 0.665. The van der Waals surface area contributed by atoms with Gasteiger partial charge in [-0.3, -0.25) is 9.59 Å². The Balaban J connectivity index is 1.88. The number of likely N-dealkylation sites (tertiary alicyclic amines) is 1. The summed E-state index contributed by atoms with van der Waals surface area (Å²) in [5, 5.41) is 2.88. The number of rotatable bonds is 6. The Bertz CT molecular complexity index is 547. The van der Waals surface area contributed by atoms with Gasteiger partial charge >= 0.3 is 5.97 Å². The predicted octanol–water partition coefficient (Wildman–Crippen LogP) is 0.492. The van der Waals surface area contributed by atoms with E-state index >= 15 is 0 Å². The van der Waals surface area contributed by atoms with E-state index in [0.717, 1.165) is 24.3 Å². The van der Waals surface area contributed by atoms with E-state index in [9.17, 15) is 9.59 Å². The highest BCUT2D eigenvalue weighted by Gasteiger charge is 2.30. The van der Waals surface area contributed by atoms with Gasteiger partial charge in [0.2, 0.25) is 0 Å². The molecule has 6 nitrogen and oxygen atoms in total. The number of carbonyl (C=O) groups excluding carboxylic acids is 2. The Morgan fingerprint density at radius 3 is 2.87 bits per heavy atom. The number of amides is 1. The van der Waals surface area contributed by atoms with Crippen LogP contribution >= 0.6 is 0 Å². The second-order valence-electron chi connectivity index (χ2n) is 5.72. The summed E-state index contributed by atoms with van der Waals surface area (Å²) < 4.78 is 10.3. The average molecular weight is 321 g/mol. The van der Waals surface area contributed by atoms with Crippen LogP contribution < -0.4 is 15.0 Å². The van der Waals surface area contributed by atoms with Gasteiger partial charge in [-0.2, -0.15) is 0 Å². The van der Waals surface area contributed by atoms with Crippen molar-refractivity contribution in [3.63, 3.8) is 0 Å². The standard InChI is InChI=1S/C17H24N2O4/c1-3-23-17(21)13-7-6-10-19(11-13)12-16(20)18-14-8-4-5-9-15(14)22-2/h4-5,8-9,13H,3,6-7,10-12H2,1-2H3,(H,18,20)/p+1/t13-/m0/s1. The molecule has 1 aliphatic rings. The SMILES string of the molecule is CCOC(=O)[C@H]1CCC[NH+](CC(=O)Nc2ccccc2OC)C1. The summed E-state index contributed by atoms with van der Waals surface area (Å²) in [6.45, 7) is 4.10.